The first-order valence-electron chi connectivity index (χ1n) is 6.99. The zero-order valence-corrected chi connectivity index (χ0v) is 10.8. The highest BCUT2D eigenvalue weighted by atomic mass is 16.5. The van der Waals surface area contributed by atoms with E-state index in [0.29, 0.717) is 0 Å². The fraction of sp³-hybridized carbons (Fsp3) is 0.571. The smallest absolute Gasteiger partial charge is 0.162 e. The van der Waals surface area contributed by atoms with Crippen LogP contribution in [-0.4, -0.2) is 27.7 Å². The van der Waals surface area contributed by atoms with Gasteiger partial charge in [0.1, 0.15) is 23.7 Å². The van der Waals surface area contributed by atoms with Crippen molar-refractivity contribution >= 4 is 11.2 Å². The monoisotopic (exact) mass is 259 g/mol. The van der Waals surface area contributed by atoms with E-state index in [1.165, 1.54) is 0 Å². The van der Waals surface area contributed by atoms with E-state index in [2.05, 4.69) is 9.55 Å². The second kappa shape index (κ2) is 4.58. The van der Waals surface area contributed by atoms with Gasteiger partial charge < -0.3 is 9.47 Å². The number of aromatic nitrogens is 3. The van der Waals surface area contributed by atoms with Crippen molar-refractivity contribution < 1.29 is 9.47 Å². The number of pyridine rings is 1. The topological polar surface area (TPSA) is 49.2 Å². The minimum atomic E-state index is 0.0686. The highest BCUT2D eigenvalue weighted by Crippen LogP contribution is 2.35. The van der Waals surface area contributed by atoms with Gasteiger partial charge >= 0.3 is 0 Å². The maximum absolute atomic E-state index is 5.83. The molecule has 0 N–H and O–H groups in total. The van der Waals surface area contributed by atoms with Gasteiger partial charge in [-0.05, 0) is 37.8 Å². The van der Waals surface area contributed by atoms with Gasteiger partial charge in [0.15, 0.2) is 5.65 Å². The molecular formula is C14H17N3O2. The molecule has 19 heavy (non-hydrogen) atoms. The molecule has 2 aromatic heterocycles. The molecule has 2 atom stereocenters. The molecule has 2 aliphatic rings. The van der Waals surface area contributed by atoms with Gasteiger partial charge in [-0.25, -0.2) is 9.97 Å². The normalized spacial score (nSPS) is 27.4. The lowest BCUT2D eigenvalue weighted by Crippen LogP contribution is -2.14. The maximum atomic E-state index is 5.83. The number of hydrogen-bond acceptors (Lipinski definition) is 4. The molecule has 2 fully saturated rings. The first-order valence-corrected chi connectivity index (χ1v) is 6.99. The van der Waals surface area contributed by atoms with Crippen LogP contribution in [0.4, 0.5) is 0 Å². The number of hydrogen-bond donors (Lipinski definition) is 0. The fourth-order valence-electron chi connectivity index (χ4n) is 3.00. The first-order chi connectivity index (χ1) is 9.43. The molecule has 5 heteroatoms. The molecule has 2 aliphatic heterocycles. The first kappa shape index (κ1) is 11.4. The summed E-state index contributed by atoms with van der Waals surface area (Å²) in [6.45, 7) is 1.65. The molecule has 0 bridgehead atoms. The molecule has 2 saturated heterocycles. The molecule has 100 valence electrons. The second-order valence-corrected chi connectivity index (χ2v) is 5.16. The van der Waals surface area contributed by atoms with Crippen LogP contribution in [-0.2, 0) is 9.47 Å². The third-order valence-corrected chi connectivity index (χ3v) is 3.89. The van der Waals surface area contributed by atoms with Gasteiger partial charge in [0, 0.05) is 19.4 Å². The summed E-state index contributed by atoms with van der Waals surface area (Å²) in [5.74, 6) is 0.984. The minimum absolute atomic E-state index is 0.0686. The van der Waals surface area contributed by atoms with E-state index in [1.54, 1.807) is 0 Å². The summed E-state index contributed by atoms with van der Waals surface area (Å²) in [7, 11) is 0. The van der Waals surface area contributed by atoms with E-state index in [1.807, 2.05) is 18.3 Å². The predicted octanol–water partition coefficient (Wildman–Crippen LogP) is 2.59. The van der Waals surface area contributed by atoms with Crippen molar-refractivity contribution in [1.29, 1.82) is 0 Å². The van der Waals surface area contributed by atoms with Crippen molar-refractivity contribution in [3.05, 3.63) is 24.2 Å². The van der Waals surface area contributed by atoms with Gasteiger partial charge in [-0.3, -0.25) is 4.57 Å². The number of imidazole rings is 1. The molecule has 5 nitrogen and oxygen atoms in total. The van der Waals surface area contributed by atoms with Crippen LogP contribution < -0.4 is 0 Å². The Morgan fingerprint density at radius 1 is 1.16 bits per heavy atom. The molecular weight excluding hydrogens is 242 g/mol. The Kier molecular flexibility index (Phi) is 2.74. The van der Waals surface area contributed by atoms with Crippen LogP contribution in [0.15, 0.2) is 18.3 Å². The SMILES string of the molecule is c1cnc2c(c1)nc(C1CCCO1)n2C1CCCO1. The number of rotatable bonds is 2. The molecule has 4 heterocycles. The summed E-state index contributed by atoms with van der Waals surface area (Å²) < 4.78 is 13.8. The van der Waals surface area contributed by atoms with Crippen LogP contribution in [0.1, 0.15) is 43.8 Å². The summed E-state index contributed by atoms with van der Waals surface area (Å²) in [5, 5.41) is 0. The summed E-state index contributed by atoms with van der Waals surface area (Å²) in [6, 6.07) is 3.93. The molecule has 0 aliphatic carbocycles. The van der Waals surface area contributed by atoms with Gasteiger partial charge in [0.05, 0.1) is 0 Å². The molecule has 0 amide bonds. The van der Waals surface area contributed by atoms with Crippen molar-refractivity contribution in [1.82, 2.24) is 14.5 Å². The highest BCUT2D eigenvalue weighted by molar-refractivity contribution is 5.71. The molecule has 2 unspecified atom stereocenters. The third kappa shape index (κ3) is 1.84. The minimum Gasteiger partial charge on any atom is -0.370 e. The van der Waals surface area contributed by atoms with Crippen LogP contribution in [0.3, 0.4) is 0 Å². The van der Waals surface area contributed by atoms with E-state index in [-0.39, 0.29) is 12.3 Å². The largest absolute Gasteiger partial charge is 0.370 e. The average molecular weight is 259 g/mol. The Labute approximate surface area is 111 Å². The lowest BCUT2D eigenvalue weighted by molar-refractivity contribution is 0.0429. The number of nitrogens with zero attached hydrogens (tertiary/aromatic N) is 3. The molecule has 4 rings (SSSR count). The number of ether oxygens (including phenoxy) is 2. The van der Waals surface area contributed by atoms with Crippen molar-refractivity contribution in [3.63, 3.8) is 0 Å². The number of fused-ring (bicyclic) bond motifs is 1. The predicted molar refractivity (Wildman–Crippen MR) is 69.7 cm³/mol. The van der Waals surface area contributed by atoms with E-state index in [4.69, 9.17) is 14.5 Å². The summed E-state index contributed by atoms with van der Waals surface area (Å²) >= 11 is 0. The van der Waals surface area contributed by atoms with Gasteiger partial charge in [-0.2, -0.15) is 0 Å². The van der Waals surface area contributed by atoms with Crippen molar-refractivity contribution in [2.75, 3.05) is 13.2 Å². The van der Waals surface area contributed by atoms with Crippen LogP contribution in [0, 0.1) is 0 Å². The maximum Gasteiger partial charge on any atom is 0.162 e. The summed E-state index contributed by atoms with van der Waals surface area (Å²) in [4.78, 5) is 9.22. The zero-order chi connectivity index (χ0) is 12.7. The van der Waals surface area contributed by atoms with E-state index < -0.39 is 0 Å². The Balaban J connectivity index is 1.87. The highest BCUT2D eigenvalue weighted by Gasteiger charge is 2.30. The molecule has 0 radical (unpaired) electrons. The van der Waals surface area contributed by atoms with Gasteiger partial charge in [0.2, 0.25) is 0 Å². The van der Waals surface area contributed by atoms with E-state index in [0.717, 1.165) is 55.9 Å². The molecule has 0 spiro atoms. The van der Waals surface area contributed by atoms with Gasteiger partial charge in [-0.1, -0.05) is 0 Å². The Hall–Kier alpha value is -1.46. The second-order valence-electron chi connectivity index (χ2n) is 5.16. The van der Waals surface area contributed by atoms with Gasteiger partial charge in [-0.15, -0.1) is 0 Å². The van der Waals surface area contributed by atoms with Crippen molar-refractivity contribution in [2.24, 2.45) is 0 Å². The van der Waals surface area contributed by atoms with Crippen molar-refractivity contribution in [2.45, 2.75) is 38.0 Å². The van der Waals surface area contributed by atoms with E-state index >= 15 is 0 Å². The summed E-state index contributed by atoms with van der Waals surface area (Å²) in [6.07, 6.45) is 6.25. The summed E-state index contributed by atoms with van der Waals surface area (Å²) in [5.41, 5.74) is 1.85. The Morgan fingerprint density at radius 2 is 2.05 bits per heavy atom. The Morgan fingerprint density at radius 3 is 2.84 bits per heavy atom. The quantitative estimate of drug-likeness (QED) is 0.831. The van der Waals surface area contributed by atoms with Crippen molar-refractivity contribution in [3.8, 4) is 0 Å². The third-order valence-electron chi connectivity index (χ3n) is 3.89. The van der Waals surface area contributed by atoms with E-state index in [9.17, 15) is 0 Å². The Bertz CT molecular complexity index is 583. The van der Waals surface area contributed by atoms with Crippen LogP contribution >= 0.6 is 0 Å². The lowest BCUT2D eigenvalue weighted by Gasteiger charge is -2.18. The molecule has 0 saturated carbocycles. The van der Waals surface area contributed by atoms with Crippen LogP contribution in [0.2, 0.25) is 0 Å². The molecule has 0 aromatic carbocycles. The fourth-order valence-corrected chi connectivity index (χ4v) is 3.00. The average Bonchev–Trinajstić information content (AvgIpc) is 3.17. The van der Waals surface area contributed by atoms with Gasteiger partial charge in [0.25, 0.3) is 0 Å². The lowest BCUT2D eigenvalue weighted by atomic mass is 10.2. The van der Waals surface area contributed by atoms with Crippen LogP contribution in [0.5, 0.6) is 0 Å². The standard InChI is InChI=1S/C14H17N3O2/c1-4-10-13(15-7-1)17(12-6-3-9-19-12)14(16-10)11-5-2-8-18-11/h1,4,7,11-12H,2-3,5-6,8-9H2. The molecule has 2 aromatic rings. The zero-order valence-electron chi connectivity index (χ0n) is 10.8. The van der Waals surface area contributed by atoms with Crippen LogP contribution in [0.25, 0.3) is 11.2 Å².